The lowest BCUT2D eigenvalue weighted by Gasteiger charge is -2.28. The van der Waals surface area contributed by atoms with Crippen LogP contribution in [0.15, 0.2) is 54.6 Å². The second-order valence-electron chi connectivity index (χ2n) is 12.9. The van der Waals surface area contributed by atoms with Crippen molar-refractivity contribution >= 4 is 11.9 Å². The zero-order valence-electron chi connectivity index (χ0n) is 26.0. The Morgan fingerprint density at radius 3 is 1.66 bits per heavy atom. The first-order valence-electron chi connectivity index (χ1n) is 14.1. The summed E-state index contributed by atoms with van der Waals surface area (Å²) in [6, 6.07) is 15.6. The maximum atomic E-state index is 14.7. The summed E-state index contributed by atoms with van der Waals surface area (Å²) in [7, 11) is 0. The van der Waals surface area contributed by atoms with Crippen molar-refractivity contribution in [2.75, 3.05) is 0 Å². The minimum absolute atomic E-state index is 0.0874. The molecule has 220 valence electrons. The summed E-state index contributed by atoms with van der Waals surface area (Å²) in [5.41, 5.74) is 1.99. The van der Waals surface area contributed by atoms with Gasteiger partial charge in [-0.3, -0.25) is 0 Å². The molecular formula is C35H43FO5. The highest BCUT2D eigenvalue weighted by Crippen LogP contribution is 2.43. The molecule has 0 radical (unpaired) electrons. The van der Waals surface area contributed by atoms with E-state index in [0.717, 1.165) is 16.7 Å². The third kappa shape index (κ3) is 8.18. The first-order valence-corrected chi connectivity index (χ1v) is 14.1. The Kier molecular flexibility index (Phi) is 9.68. The number of rotatable bonds is 8. The van der Waals surface area contributed by atoms with E-state index in [1.807, 2.05) is 64.1 Å². The van der Waals surface area contributed by atoms with E-state index in [4.69, 9.17) is 14.2 Å². The lowest BCUT2D eigenvalue weighted by atomic mass is 9.81. The molecule has 3 aromatic carbocycles. The average molecular weight is 563 g/mol. The second-order valence-corrected chi connectivity index (χ2v) is 12.9. The van der Waals surface area contributed by atoms with Gasteiger partial charge in [0.1, 0.15) is 29.4 Å². The van der Waals surface area contributed by atoms with Crippen molar-refractivity contribution in [2.45, 2.75) is 98.9 Å². The van der Waals surface area contributed by atoms with Gasteiger partial charge >= 0.3 is 11.9 Å². The Bertz CT molecular complexity index is 1330. The van der Waals surface area contributed by atoms with E-state index in [0.29, 0.717) is 11.1 Å². The van der Waals surface area contributed by atoms with Gasteiger partial charge in [-0.15, -0.1) is 0 Å². The van der Waals surface area contributed by atoms with Gasteiger partial charge in [0.25, 0.3) is 0 Å². The van der Waals surface area contributed by atoms with E-state index in [9.17, 15) is 14.0 Å². The molecule has 0 unspecified atom stereocenters. The van der Waals surface area contributed by atoms with Crippen molar-refractivity contribution < 1.29 is 28.2 Å². The van der Waals surface area contributed by atoms with Crippen LogP contribution in [0.1, 0.15) is 118 Å². The number of carbonyl (C=O) groups is 2. The van der Waals surface area contributed by atoms with Crippen molar-refractivity contribution in [3.63, 3.8) is 0 Å². The molecule has 0 amide bonds. The highest BCUT2D eigenvalue weighted by molar-refractivity contribution is 6.09. The number of hydrogen-bond donors (Lipinski definition) is 0. The van der Waals surface area contributed by atoms with Crippen molar-refractivity contribution in [3.05, 3.63) is 88.2 Å². The number of ether oxygens (including phenoxy) is 3. The maximum absolute atomic E-state index is 14.7. The van der Waals surface area contributed by atoms with E-state index < -0.39 is 29.0 Å². The van der Waals surface area contributed by atoms with Crippen LogP contribution in [0, 0.1) is 5.82 Å². The lowest BCUT2D eigenvalue weighted by molar-refractivity contribution is 0.00664. The smallest absolute Gasteiger partial charge is 0.339 e. The van der Waals surface area contributed by atoms with Gasteiger partial charge in [-0.25, -0.2) is 14.0 Å². The number of carbonyl (C=O) groups excluding carboxylic acids is 2. The van der Waals surface area contributed by atoms with Gasteiger partial charge in [0, 0.05) is 17.2 Å². The molecule has 0 aliphatic heterocycles. The minimum Gasteiger partial charge on any atom is -0.488 e. The van der Waals surface area contributed by atoms with E-state index in [1.165, 1.54) is 12.1 Å². The fourth-order valence-electron chi connectivity index (χ4n) is 4.56. The first kappa shape index (κ1) is 31.9. The first-order chi connectivity index (χ1) is 19.0. The zero-order valence-corrected chi connectivity index (χ0v) is 26.0. The molecule has 0 heterocycles. The number of hydrogen-bond acceptors (Lipinski definition) is 5. The molecule has 0 saturated heterocycles. The Balaban J connectivity index is 2.46. The number of esters is 2. The van der Waals surface area contributed by atoms with Crippen molar-refractivity contribution in [1.82, 2.24) is 0 Å². The predicted octanol–water partition coefficient (Wildman–Crippen LogP) is 9.23. The SMILES string of the molecule is CC(C)c1cc(C(C)C)c(C(=O)OC(C)(C)C)c(-c2ccc(F)cc2OCc2ccccc2)c1C(=O)OC(C)(C)C. The maximum Gasteiger partial charge on any atom is 0.339 e. The largest absolute Gasteiger partial charge is 0.488 e. The Morgan fingerprint density at radius 1 is 0.732 bits per heavy atom. The predicted molar refractivity (Wildman–Crippen MR) is 161 cm³/mol. The summed E-state index contributed by atoms with van der Waals surface area (Å²) >= 11 is 0. The monoisotopic (exact) mass is 562 g/mol. The molecule has 0 aliphatic rings. The third-order valence-corrected chi connectivity index (χ3v) is 6.29. The van der Waals surface area contributed by atoms with E-state index in [-0.39, 0.29) is 35.3 Å². The van der Waals surface area contributed by atoms with E-state index in [1.54, 1.807) is 47.6 Å². The van der Waals surface area contributed by atoms with Gasteiger partial charge in [-0.1, -0.05) is 64.1 Å². The van der Waals surface area contributed by atoms with Gasteiger partial charge in [-0.2, -0.15) is 0 Å². The van der Waals surface area contributed by atoms with Crippen LogP contribution in [0.3, 0.4) is 0 Å². The number of halogens is 1. The molecule has 3 aromatic rings. The van der Waals surface area contributed by atoms with Crippen LogP contribution in [0.5, 0.6) is 5.75 Å². The highest BCUT2D eigenvalue weighted by Gasteiger charge is 2.34. The molecule has 0 aliphatic carbocycles. The van der Waals surface area contributed by atoms with E-state index >= 15 is 0 Å². The van der Waals surface area contributed by atoms with Gasteiger partial charge in [-0.05, 0) is 82.2 Å². The molecule has 0 fully saturated rings. The van der Waals surface area contributed by atoms with Crippen LogP contribution in [0.4, 0.5) is 4.39 Å². The zero-order chi connectivity index (χ0) is 30.7. The quantitative estimate of drug-likeness (QED) is 0.256. The summed E-state index contributed by atoms with van der Waals surface area (Å²) < 4.78 is 32.7. The van der Waals surface area contributed by atoms with E-state index in [2.05, 4.69) is 0 Å². The highest BCUT2D eigenvalue weighted by atomic mass is 19.1. The molecule has 0 atom stereocenters. The topological polar surface area (TPSA) is 61.8 Å². The van der Waals surface area contributed by atoms with Crippen molar-refractivity contribution in [1.29, 1.82) is 0 Å². The minimum atomic E-state index is -0.791. The van der Waals surface area contributed by atoms with Crippen LogP contribution in [0.25, 0.3) is 11.1 Å². The number of benzene rings is 3. The van der Waals surface area contributed by atoms with Crippen molar-refractivity contribution in [3.8, 4) is 16.9 Å². The summed E-state index contributed by atoms with van der Waals surface area (Å²) in [4.78, 5) is 28.0. The standard InChI is InChI=1S/C35H43FO5/c1-21(2)26-19-27(22(3)4)31(33(38)41-35(8,9)10)29(30(26)32(37)40-34(5,6)7)25-17-16-24(36)18-28(25)39-20-23-14-12-11-13-15-23/h11-19,21-22H,20H2,1-10H3. The average Bonchev–Trinajstić information content (AvgIpc) is 2.84. The Morgan fingerprint density at radius 2 is 1.22 bits per heavy atom. The van der Waals surface area contributed by atoms with Crippen LogP contribution in [0.2, 0.25) is 0 Å². The Labute approximate surface area is 244 Å². The molecule has 0 spiro atoms. The molecule has 0 aromatic heterocycles. The molecular weight excluding hydrogens is 519 g/mol. The molecule has 0 saturated carbocycles. The molecule has 0 bridgehead atoms. The van der Waals surface area contributed by atoms with Gasteiger partial charge in [0.15, 0.2) is 0 Å². The summed E-state index contributed by atoms with van der Waals surface area (Å²) in [5.74, 6) is -1.62. The van der Waals surface area contributed by atoms with Gasteiger partial charge < -0.3 is 14.2 Å². The normalized spacial score (nSPS) is 12.0. The van der Waals surface area contributed by atoms with Gasteiger partial charge in [0.2, 0.25) is 0 Å². The molecule has 0 N–H and O–H groups in total. The summed E-state index contributed by atoms with van der Waals surface area (Å²) in [6.45, 7) is 18.9. The molecule has 6 heteroatoms. The molecule has 3 rings (SSSR count). The summed E-state index contributed by atoms with van der Waals surface area (Å²) in [5, 5.41) is 0. The lowest BCUT2D eigenvalue weighted by Crippen LogP contribution is -2.28. The molecule has 41 heavy (non-hydrogen) atoms. The third-order valence-electron chi connectivity index (χ3n) is 6.29. The fraction of sp³-hybridized carbons (Fsp3) is 0.429. The van der Waals surface area contributed by atoms with Crippen LogP contribution < -0.4 is 4.74 Å². The van der Waals surface area contributed by atoms with Crippen LogP contribution in [-0.2, 0) is 16.1 Å². The molecule has 5 nitrogen and oxygen atoms in total. The van der Waals surface area contributed by atoms with Crippen LogP contribution >= 0.6 is 0 Å². The van der Waals surface area contributed by atoms with Crippen LogP contribution in [-0.4, -0.2) is 23.1 Å². The summed E-state index contributed by atoms with van der Waals surface area (Å²) in [6.07, 6.45) is 0. The Hall–Kier alpha value is -3.67. The second kappa shape index (κ2) is 12.5. The fourth-order valence-corrected chi connectivity index (χ4v) is 4.56. The van der Waals surface area contributed by atoms with Crippen molar-refractivity contribution in [2.24, 2.45) is 0 Å². The van der Waals surface area contributed by atoms with Gasteiger partial charge in [0.05, 0.1) is 11.1 Å².